The van der Waals surface area contributed by atoms with E-state index in [9.17, 15) is 9.90 Å². The van der Waals surface area contributed by atoms with Crippen molar-refractivity contribution in [3.8, 4) is 5.75 Å². The quantitative estimate of drug-likeness (QED) is 0.589. The molecule has 7 rings (SSSR count). The van der Waals surface area contributed by atoms with Gasteiger partial charge in [-0.25, -0.2) is 0 Å². The van der Waals surface area contributed by atoms with Crippen LogP contribution >= 0.6 is 0 Å². The first-order valence-corrected chi connectivity index (χ1v) is 14.0. The van der Waals surface area contributed by atoms with Gasteiger partial charge < -0.3 is 10.0 Å². The summed E-state index contributed by atoms with van der Waals surface area (Å²) in [6.07, 6.45) is 10.7. The lowest BCUT2D eigenvalue weighted by atomic mass is 9.47. The van der Waals surface area contributed by atoms with E-state index in [2.05, 4.69) is 40.7 Å². The fraction of sp³-hybridized carbons (Fsp3) is 0.516. The number of benzene rings is 2. The number of phenols is 1. The van der Waals surface area contributed by atoms with E-state index in [0.717, 1.165) is 43.6 Å². The molecule has 0 radical (unpaired) electrons. The summed E-state index contributed by atoms with van der Waals surface area (Å²) in [5, 5.41) is 10.4. The SMILES string of the molecule is C=CCN1C2CCC23C1C1CCC3N1C(c1ccc(C(=O)N2CCCCC2)cc1)c1cccc(O)c1. The highest BCUT2D eigenvalue weighted by atomic mass is 16.3. The van der Waals surface area contributed by atoms with Gasteiger partial charge in [0.25, 0.3) is 5.91 Å². The van der Waals surface area contributed by atoms with Gasteiger partial charge in [-0.15, -0.1) is 6.58 Å². The Balaban J connectivity index is 1.24. The highest BCUT2D eigenvalue weighted by Crippen LogP contribution is 2.71. The van der Waals surface area contributed by atoms with Crippen LogP contribution in [0.5, 0.6) is 5.75 Å². The summed E-state index contributed by atoms with van der Waals surface area (Å²) in [5.41, 5.74) is 3.59. The summed E-state index contributed by atoms with van der Waals surface area (Å²) in [5.74, 6) is 0.475. The van der Waals surface area contributed by atoms with E-state index in [4.69, 9.17) is 0 Å². The molecule has 1 saturated carbocycles. The second-order valence-corrected chi connectivity index (χ2v) is 11.7. The number of carbonyl (C=O) groups excluding carboxylic acids is 1. The van der Waals surface area contributed by atoms with E-state index in [1.165, 1.54) is 37.7 Å². The van der Waals surface area contributed by atoms with Crippen LogP contribution in [0.1, 0.15) is 72.5 Å². The number of amides is 1. The van der Waals surface area contributed by atoms with Crippen molar-refractivity contribution in [3.05, 3.63) is 77.9 Å². The highest BCUT2D eigenvalue weighted by molar-refractivity contribution is 5.94. The molecule has 5 heteroatoms. The molecule has 2 aromatic rings. The van der Waals surface area contributed by atoms with E-state index >= 15 is 0 Å². The first kappa shape index (κ1) is 22.6. The Kier molecular flexibility index (Phi) is 5.30. The molecule has 6 unspecified atom stereocenters. The van der Waals surface area contributed by atoms with Crippen molar-refractivity contribution in [2.24, 2.45) is 5.41 Å². The first-order valence-electron chi connectivity index (χ1n) is 14.0. The Bertz CT molecular complexity index is 1170. The van der Waals surface area contributed by atoms with Crippen molar-refractivity contribution in [1.82, 2.24) is 14.7 Å². The molecule has 188 valence electrons. The number of likely N-dealkylation sites (tertiary alicyclic amines) is 2. The molecule has 1 N–H and O–H groups in total. The third-order valence-electron chi connectivity index (χ3n) is 10.2. The number of piperidine rings is 2. The summed E-state index contributed by atoms with van der Waals surface area (Å²) in [4.78, 5) is 20.6. The summed E-state index contributed by atoms with van der Waals surface area (Å²) < 4.78 is 0. The third-order valence-corrected chi connectivity index (χ3v) is 10.2. The zero-order chi connectivity index (χ0) is 24.4. The molecule has 2 aromatic carbocycles. The molecule has 0 aromatic heterocycles. The van der Waals surface area contributed by atoms with E-state index in [1.54, 1.807) is 6.07 Å². The van der Waals surface area contributed by atoms with Crippen molar-refractivity contribution in [3.63, 3.8) is 0 Å². The number of carbonyl (C=O) groups is 1. The van der Waals surface area contributed by atoms with Gasteiger partial charge in [0, 0.05) is 54.8 Å². The molecule has 4 heterocycles. The molecule has 1 amide bonds. The molecular formula is C31H37N3O2. The topological polar surface area (TPSA) is 47.0 Å². The van der Waals surface area contributed by atoms with Gasteiger partial charge in [-0.2, -0.15) is 0 Å². The number of rotatable bonds is 6. The van der Waals surface area contributed by atoms with Crippen molar-refractivity contribution < 1.29 is 9.90 Å². The lowest BCUT2D eigenvalue weighted by Gasteiger charge is -2.71. The molecule has 2 bridgehead atoms. The minimum Gasteiger partial charge on any atom is -0.508 e. The van der Waals surface area contributed by atoms with Gasteiger partial charge in [0.05, 0.1) is 6.04 Å². The number of hydrogen-bond acceptors (Lipinski definition) is 4. The second kappa shape index (κ2) is 8.46. The van der Waals surface area contributed by atoms with Crippen LogP contribution < -0.4 is 0 Å². The lowest BCUT2D eigenvalue weighted by Crippen LogP contribution is -2.80. The summed E-state index contributed by atoms with van der Waals surface area (Å²) in [7, 11) is 0. The van der Waals surface area contributed by atoms with Gasteiger partial charge in [-0.3, -0.25) is 14.6 Å². The van der Waals surface area contributed by atoms with Crippen molar-refractivity contribution in [2.45, 2.75) is 75.2 Å². The molecule has 5 fully saturated rings. The minimum atomic E-state index is 0.0838. The Hall–Kier alpha value is -2.63. The van der Waals surface area contributed by atoms with Crippen LogP contribution in [0.2, 0.25) is 0 Å². The monoisotopic (exact) mass is 483 g/mol. The Labute approximate surface area is 214 Å². The smallest absolute Gasteiger partial charge is 0.253 e. The highest BCUT2D eigenvalue weighted by Gasteiger charge is 2.78. The van der Waals surface area contributed by atoms with Gasteiger partial charge in [-0.05, 0) is 80.3 Å². The number of aromatic hydroxyl groups is 1. The second-order valence-electron chi connectivity index (χ2n) is 11.7. The largest absolute Gasteiger partial charge is 0.508 e. The molecule has 36 heavy (non-hydrogen) atoms. The van der Waals surface area contributed by atoms with Crippen LogP contribution in [0.3, 0.4) is 0 Å². The molecule has 1 spiro atoms. The Morgan fingerprint density at radius 1 is 1.03 bits per heavy atom. The lowest BCUT2D eigenvalue weighted by molar-refractivity contribution is -0.204. The first-order chi connectivity index (χ1) is 17.6. The minimum absolute atomic E-state index is 0.0838. The molecule has 5 nitrogen and oxygen atoms in total. The Morgan fingerprint density at radius 2 is 1.83 bits per heavy atom. The van der Waals surface area contributed by atoms with Crippen molar-refractivity contribution >= 4 is 5.91 Å². The molecule has 4 aliphatic heterocycles. The maximum atomic E-state index is 13.1. The zero-order valence-corrected chi connectivity index (χ0v) is 21.1. The summed E-state index contributed by atoms with van der Waals surface area (Å²) in [6, 6.07) is 18.7. The number of phenolic OH excluding ortho intramolecular Hbond substituents is 1. The van der Waals surface area contributed by atoms with Crippen LogP contribution in [-0.4, -0.2) is 69.5 Å². The van der Waals surface area contributed by atoms with E-state index in [-0.39, 0.29) is 11.9 Å². The average molecular weight is 484 g/mol. The normalized spacial score (nSPS) is 33.8. The Morgan fingerprint density at radius 3 is 2.53 bits per heavy atom. The van der Waals surface area contributed by atoms with Gasteiger partial charge in [-0.1, -0.05) is 30.3 Å². The van der Waals surface area contributed by atoms with Gasteiger partial charge >= 0.3 is 0 Å². The molecule has 1 aliphatic carbocycles. The van der Waals surface area contributed by atoms with E-state index in [0.29, 0.717) is 35.3 Å². The molecule has 5 aliphatic rings. The summed E-state index contributed by atoms with van der Waals surface area (Å²) >= 11 is 0. The van der Waals surface area contributed by atoms with Crippen LogP contribution in [-0.2, 0) is 0 Å². The van der Waals surface area contributed by atoms with Crippen molar-refractivity contribution in [1.29, 1.82) is 0 Å². The predicted octanol–water partition coefficient (Wildman–Crippen LogP) is 4.97. The van der Waals surface area contributed by atoms with E-state index < -0.39 is 0 Å². The molecule has 6 atom stereocenters. The fourth-order valence-corrected chi connectivity index (χ4v) is 8.82. The van der Waals surface area contributed by atoms with Gasteiger partial charge in [0.15, 0.2) is 0 Å². The van der Waals surface area contributed by atoms with Crippen LogP contribution in [0, 0.1) is 5.41 Å². The fourth-order valence-electron chi connectivity index (χ4n) is 8.82. The zero-order valence-electron chi connectivity index (χ0n) is 21.1. The molecular weight excluding hydrogens is 446 g/mol. The van der Waals surface area contributed by atoms with Crippen LogP contribution in [0.25, 0.3) is 0 Å². The van der Waals surface area contributed by atoms with Crippen molar-refractivity contribution in [2.75, 3.05) is 19.6 Å². The van der Waals surface area contributed by atoms with Gasteiger partial charge in [0.2, 0.25) is 0 Å². The maximum Gasteiger partial charge on any atom is 0.253 e. The van der Waals surface area contributed by atoms with E-state index in [1.807, 2.05) is 29.2 Å². The van der Waals surface area contributed by atoms with Crippen LogP contribution in [0.15, 0.2) is 61.2 Å². The number of hydrogen-bond donors (Lipinski definition) is 1. The average Bonchev–Trinajstić information content (AvgIpc) is 3.42. The van der Waals surface area contributed by atoms with Gasteiger partial charge in [0.1, 0.15) is 5.75 Å². The number of nitrogens with zero attached hydrogens (tertiary/aromatic N) is 3. The number of fused-ring (bicyclic) bond motifs is 3. The van der Waals surface area contributed by atoms with Crippen LogP contribution in [0.4, 0.5) is 0 Å². The molecule has 4 saturated heterocycles. The third kappa shape index (κ3) is 3.05. The standard InChI is InChI=1S/C31H37N3O2/c1-2-17-33-26-15-16-31(26)27-14-13-25(29(31)33)34(27)28(23-7-6-8-24(35)20-23)21-9-11-22(12-10-21)30(36)32-18-4-3-5-19-32/h2,6-12,20,25-29,35H,1,3-5,13-19H2. The predicted molar refractivity (Wildman–Crippen MR) is 141 cm³/mol. The maximum absolute atomic E-state index is 13.1. The summed E-state index contributed by atoms with van der Waals surface area (Å²) in [6.45, 7) is 6.77.